The van der Waals surface area contributed by atoms with Crippen molar-refractivity contribution in [1.29, 1.82) is 0 Å². The van der Waals surface area contributed by atoms with E-state index in [0.717, 1.165) is 57.8 Å². The van der Waals surface area contributed by atoms with Gasteiger partial charge < -0.3 is 21.1 Å². The number of aliphatic hydroxyl groups is 1. The maximum Gasteiger partial charge on any atom is 0.472 e. The minimum Gasteiger partial charge on any atom is -0.387 e. The zero-order chi connectivity index (χ0) is 37.5. The molecule has 9 heteroatoms. The summed E-state index contributed by atoms with van der Waals surface area (Å²) in [7, 11) is -4.35. The van der Waals surface area contributed by atoms with Gasteiger partial charge in [-0.25, -0.2) is 4.57 Å². The van der Waals surface area contributed by atoms with Gasteiger partial charge in [0.25, 0.3) is 0 Å². The lowest BCUT2D eigenvalue weighted by Crippen LogP contribution is -2.45. The van der Waals surface area contributed by atoms with Crippen LogP contribution in [0.25, 0.3) is 0 Å². The molecule has 0 aliphatic carbocycles. The first-order valence-corrected chi connectivity index (χ1v) is 21.9. The molecule has 0 saturated heterocycles. The number of hydrogen-bond donors (Lipinski definition) is 4. The lowest BCUT2D eigenvalue weighted by Gasteiger charge is -2.23. The van der Waals surface area contributed by atoms with E-state index in [1.807, 2.05) is 6.08 Å². The molecule has 0 spiro atoms. The molecule has 0 aromatic heterocycles. The first-order valence-electron chi connectivity index (χ1n) is 20.4. The number of rotatable bonds is 37. The van der Waals surface area contributed by atoms with Gasteiger partial charge in [-0.2, -0.15) is 0 Å². The number of allylic oxidation sites excluding steroid dienone is 9. The molecule has 0 radical (unpaired) electrons. The summed E-state index contributed by atoms with van der Waals surface area (Å²) in [6.45, 7) is 4.02. The van der Waals surface area contributed by atoms with E-state index >= 15 is 0 Å². The number of nitrogens with one attached hydrogen (secondary N) is 1. The number of phosphoric ester groups is 1. The number of nitrogens with two attached hydrogens (primary N) is 1. The first kappa shape index (κ1) is 49.2. The second-order valence-corrected chi connectivity index (χ2v) is 14.9. The van der Waals surface area contributed by atoms with Crippen LogP contribution in [0.1, 0.15) is 168 Å². The summed E-state index contributed by atoms with van der Waals surface area (Å²) in [5, 5.41) is 13.6. The maximum atomic E-state index is 12.7. The minimum atomic E-state index is -4.35. The Balaban J connectivity index is 4.30. The van der Waals surface area contributed by atoms with Crippen molar-refractivity contribution in [3.8, 4) is 0 Å². The highest BCUT2D eigenvalue weighted by molar-refractivity contribution is 7.47. The zero-order valence-electron chi connectivity index (χ0n) is 32.6. The molecule has 1 amide bonds. The molecule has 3 unspecified atom stereocenters. The number of unbranched alkanes of at least 4 members (excludes halogenated alkanes) is 17. The van der Waals surface area contributed by atoms with Crippen LogP contribution in [0, 0.1) is 0 Å². The Morgan fingerprint density at radius 2 is 1.10 bits per heavy atom. The number of amides is 1. The van der Waals surface area contributed by atoms with Crippen molar-refractivity contribution in [2.45, 2.75) is 180 Å². The molecule has 0 aliphatic heterocycles. The van der Waals surface area contributed by atoms with Crippen molar-refractivity contribution in [1.82, 2.24) is 5.32 Å². The Kier molecular flexibility index (Phi) is 36.6. The SMILES string of the molecule is CCCCC/C=C\C/C=C\CCCCCCCCCCCC(=O)NC(COP(=O)(O)OCCN)C(O)/C=C/CC/C=C/CC/C=C/CCCCC. The van der Waals surface area contributed by atoms with Gasteiger partial charge in [-0.1, -0.05) is 145 Å². The van der Waals surface area contributed by atoms with Gasteiger partial charge in [-0.3, -0.25) is 13.8 Å². The van der Waals surface area contributed by atoms with Crippen LogP contribution in [0.5, 0.6) is 0 Å². The summed E-state index contributed by atoms with van der Waals surface area (Å²) in [5.74, 6) is -0.217. The topological polar surface area (TPSA) is 131 Å². The highest BCUT2D eigenvalue weighted by Crippen LogP contribution is 2.43. The largest absolute Gasteiger partial charge is 0.472 e. The van der Waals surface area contributed by atoms with Gasteiger partial charge in [0.05, 0.1) is 25.4 Å². The van der Waals surface area contributed by atoms with E-state index in [0.29, 0.717) is 6.42 Å². The minimum absolute atomic E-state index is 0.0687. The predicted octanol–water partition coefficient (Wildman–Crippen LogP) is 11.1. The van der Waals surface area contributed by atoms with E-state index in [1.54, 1.807) is 6.08 Å². The lowest BCUT2D eigenvalue weighted by molar-refractivity contribution is -0.123. The number of phosphoric acid groups is 1. The van der Waals surface area contributed by atoms with Gasteiger partial charge in [-0.05, 0) is 77.0 Å². The molecule has 0 saturated carbocycles. The van der Waals surface area contributed by atoms with Crippen LogP contribution < -0.4 is 11.1 Å². The average Bonchev–Trinajstić information content (AvgIpc) is 3.12. The third-order valence-corrected chi connectivity index (χ3v) is 9.53. The summed E-state index contributed by atoms with van der Waals surface area (Å²) in [6, 6.07) is -0.886. The van der Waals surface area contributed by atoms with E-state index in [2.05, 4.69) is 67.8 Å². The van der Waals surface area contributed by atoms with Gasteiger partial charge in [0.1, 0.15) is 0 Å². The van der Waals surface area contributed by atoms with Gasteiger partial charge in [0.2, 0.25) is 5.91 Å². The monoisotopic (exact) mass is 737 g/mol. The summed E-state index contributed by atoms with van der Waals surface area (Å²) in [4.78, 5) is 22.6. The van der Waals surface area contributed by atoms with Crippen LogP contribution in [-0.2, 0) is 18.4 Å². The Hall–Kier alpha value is -1.80. The number of carbonyl (C=O) groups is 1. The molecule has 51 heavy (non-hydrogen) atoms. The van der Waals surface area contributed by atoms with Gasteiger partial charge in [-0.15, -0.1) is 0 Å². The summed E-state index contributed by atoms with van der Waals surface area (Å²) >= 11 is 0. The molecule has 0 aromatic rings. The summed E-state index contributed by atoms with van der Waals surface area (Å²) in [6.07, 6.45) is 46.9. The van der Waals surface area contributed by atoms with E-state index in [4.69, 9.17) is 14.8 Å². The Labute approximate surface area is 313 Å². The normalized spacial score (nSPS) is 14.8. The third-order valence-electron chi connectivity index (χ3n) is 8.54. The van der Waals surface area contributed by atoms with E-state index in [9.17, 15) is 19.4 Å². The fourth-order valence-corrected chi connectivity index (χ4v) is 6.19. The van der Waals surface area contributed by atoms with Gasteiger partial charge in [0, 0.05) is 13.0 Å². The number of hydrogen-bond acceptors (Lipinski definition) is 6. The van der Waals surface area contributed by atoms with Crippen LogP contribution in [0.15, 0.2) is 60.8 Å². The van der Waals surface area contributed by atoms with Crippen LogP contribution in [-0.4, -0.2) is 47.8 Å². The Bertz CT molecular complexity index is 980. The molecular formula is C42H77N2O6P. The van der Waals surface area contributed by atoms with Crippen molar-refractivity contribution >= 4 is 13.7 Å². The molecule has 5 N–H and O–H groups in total. The van der Waals surface area contributed by atoms with Crippen molar-refractivity contribution in [3.63, 3.8) is 0 Å². The van der Waals surface area contributed by atoms with Crippen LogP contribution in [0.3, 0.4) is 0 Å². The maximum absolute atomic E-state index is 12.7. The van der Waals surface area contributed by atoms with Crippen LogP contribution in [0.2, 0.25) is 0 Å². The average molecular weight is 737 g/mol. The van der Waals surface area contributed by atoms with E-state index < -0.39 is 20.0 Å². The first-order chi connectivity index (χ1) is 24.9. The summed E-state index contributed by atoms with van der Waals surface area (Å²) < 4.78 is 22.0. The fourth-order valence-electron chi connectivity index (χ4n) is 5.43. The van der Waals surface area contributed by atoms with Crippen molar-refractivity contribution < 1.29 is 28.4 Å². The Morgan fingerprint density at radius 3 is 1.63 bits per heavy atom. The highest BCUT2D eigenvalue weighted by Gasteiger charge is 2.26. The molecule has 8 nitrogen and oxygen atoms in total. The lowest BCUT2D eigenvalue weighted by atomic mass is 10.1. The molecule has 0 aromatic carbocycles. The molecule has 0 rings (SSSR count). The fraction of sp³-hybridized carbons (Fsp3) is 0.738. The van der Waals surface area contributed by atoms with E-state index in [1.165, 1.54) is 89.9 Å². The molecule has 0 heterocycles. The van der Waals surface area contributed by atoms with Gasteiger partial charge >= 0.3 is 7.82 Å². The third kappa shape index (κ3) is 36.4. The van der Waals surface area contributed by atoms with Crippen LogP contribution in [0.4, 0.5) is 0 Å². The smallest absolute Gasteiger partial charge is 0.387 e. The molecular weight excluding hydrogens is 659 g/mol. The standard InChI is InChI=1S/C42H77N2O6P/c1-3-5-7-9-11-13-15-17-18-19-20-21-22-24-26-28-30-32-34-36-42(46)44-40(39-50-51(47,48)49-38-37-43)41(45)35-33-31-29-27-25-23-16-14-12-10-8-6-4-2/h11-14,17-18,25,27,33,35,40-41,45H,3-10,15-16,19-24,26,28-32,34,36-39,43H2,1-2H3,(H,44,46)(H,47,48)/b13-11-,14-12+,18-17-,27-25+,35-33+. The second kappa shape index (κ2) is 37.9. The second-order valence-electron chi connectivity index (χ2n) is 13.5. The summed E-state index contributed by atoms with van der Waals surface area (Å²) in [5.41, 5.74) is 5.36. The Morgan fingerprint density at radius 1 is 0.647 bits per heavy atom. The number of carbonyl (C=O) groups excluding carboxylic acids is 1. The molecule has 0 aliphatic rings. The quantitative estimate of drug-likeness (QED) is 0.0284. The van der Waals surface area contributed by atoms with Crippen LogP contribution >= 0.6 is 7.82 Å². The van der Waals surface area contributed by atoms with Gasteiger partial charge in [0.15, 0.2) is 0 Å². The molecule has 0 bridgehead atoms. The van der Waals surface area contributed by atoms with Crippen molar-refractivity contribution in [2.75, 3.05) is 19.8 Å². The zero-order valence-corrected chi connectivity index (χ0v) is 33.5. The molecule has 0 fully saturated rings. The predicted molar refractivity (Wildman–Crippen MR) is 217 cm³/mol. The van der Waals surface area contributed by atoms with Crippen molar-refractivity contribution in [2.24, 2.45) is 5.73 Å². The highest BCUT2D eigenvalue weighted by atomic mass is 31.2. The molecule has 296 valence electrons. The number of aliphatic hydroxyl groups excluding tert-OH is 1. The van der Waals surface area contributed by atoms with E-state index in [-0.39, 0.29) is 25.7 Å². The van der Waals surface area contributed by atoms with Crippen molar-refractivity contribution in [3.05, 3.63) is 60.8 Å². The molecule has 3 atom stereocenters.